The number of hydrogen-bond donors (Lipinski definition) is 0. The van der Waals surface area contributed by atoms with Gasteiger partial charge in [-0.05, 0) is 35.9 Å². The number of piperazine rings is 1. The van der Waals surface area contributed by atoms with E-state index in [0.717, 1.165) is 5.56 Å². The molecule has 2 heterocycles. The lowest BCUT2D eigenvalue weighted by atomic mass is 10.1. The van der Waals surface area contributed by atoms with Gasteiger partial charge in [0.1, 0.15) is 18.1 Å². The predicted molar refractivity (Wildman–Crippen MR) is 120 cm³/mol. The zero-order valence-corrected chi connectivity index (χ0v) is 19.1. The van der Waals surface area contributed by atoms with E-state index in [1.54, 1.807) is 48.4 Å². The van der Waals surface area contributed by atoms with Gasteiger partial charge in [0.05, 0.1) is 12.1 Å². The second-order valence-electron chi connectivity index (χ2n) is 7.24. The summed E-state index contributed by atoms with van der Waals surface area (Å²) in [5.41, 5.74) is 0.736. The summed E-state index contributed by atoms with van der Waals surface area (Å²) < 4.78 is 43.6. The number of sulfonamides is 1. The van der Waals surface area contributed by atoms with Gasteiger partial charge >= 0.3 is 0 Å². The van der Waals surface area contributed by atoms with Gasteiger partial charge in [0.25, 0.3) is 0 Å². The van der Waals surface area contributed by atoms with Gasteiger partial charge in [0, 0.05) is 32.3 Å². The van der Waals surface area contributed by atoms with Gasteiger partial charge in [-0.25, -0.2) is 8.42 Å². The van der Waals surface area contributed by atoms with Crippen molar-refractivity contribution in [3.05, 3.63) is 53.1 Å². The quantitative estimate of drug-likeness (QED) is 0.614. The molecular formula is C22H23ClN2O6S. The SMILES string of the molecule is COc1cc(/C=C/C(=O)N2CCN(S(=O)(=O)c3ccccc3Cl)CC2)cc2c1OCCO2. The van der Waals surface area contributed by atoms with Crippen LogP contribution < -0.4 is 14.2 Å². The Hall–Kier alpha value is -2.75. The number of rotatable bonds is 5. The molecular weight excluding hydrogens is 456 g/mol. The molecule has 0 spiro atoms. The van der Waals surface area contributed by atoms with Gasteiger partial charge in [-0.1, -0.05) is 23.7 Å². The first kappa shape index (κ1) is 22.4. The molecule has 1 fully saturated rings. The van der Waals surface area contributed by atoms with E-state index < -0.39 is 10.0 Å². The molecule has 2 aliphatic heterocycles. The fourth-order valence-corrected chi connectivity index (χ4v) is 5.52. The molecule has 4 rings (SSSR count). The second-order valence-corrected chi connectivity index (χ2v) is 9.55. The van der Waals surface area contributed by atoms with Crippen molar-refractivity contribution in [1.82, 2.24) is 9.21 Å². The molecule has 0 aliphatic carbocycles. The topological polar surface area (TPSA) is 85.4 Å². The molecule has 0 radical (unpaired) electrons. The minimum absolute atomic E-state index is 0.0777. The molecule has 0 saturated carbocycles. The van der Waals surface area contributed by atoms with Gasteiger partial charge in [-0.3, -0.25) is 4.79 Å². The third-order valence-electron chi connectivity index (χ3n) is 5.27. The van der Waals surface area contributed by atoms with Crippen LogP contribution in [0.2, 0.25) is 5.02 Å². The van der Waals surface area contributed by atoms with Crippen molar-refractivity contribution in [3.63, 3.8) is 0 Å². The number of nitrogens with zero attached hydrogens (tertiary/aromatic N) is 2. The van der Waals surface area contributed by atoms with Crippen molar-refractivity contribution in [1.29, 1.82) is 0 Å². The Bertz CT molecular complexity index is 1130. The third-order valence-corrected chi connectivity index (χ3v) is 7.67. The third kappa shape index (κ3) is 4.55. The Morgan fingerprint density at radius 1 is 1.09 bits per heavy atom. The van der Waals surface area contributed by atoms with E-state index >= 15 is 0 Å². The monoisotopic (exact) mass is 478 g/mol. The van der Waals surface area contributed by atoms with Crippen LogP contribution in [0, 0.1) is 0 Å². The number of ether oxygens (including phenoxy) is 3. The van der Waals surface area contributed by atoms with Crippen LogP contribution in [0.1, 0.15) is 5.56 Å². The van der Waals surface area contributed by atoms with Crippen molar-refractivity contribution in [3.8, 4) is 17.2 Å². The first-order chi connectivity index (χ1) is 15.4. The largest absolute Gasteiger partial charge is 0.493 e. The number of halogens is 1. The van der Waals surface area contributed by atoms with Crippen LogP contribution in [-0.4, -0.2) is 70.0 Å². The molecule has 170 valence electrons. The summed E-state index contributed by atoms with van der Waals surface area (Å²) in [4.78, 5) is 14.4. The maximum Gasteiger partial charge on any atom is 0.246 e. The van der Waals surface area contributed by atoms with Crippen LogP contribution in [0.4, 0.5) is 0 Å². The van der Waals surface area contributed by atoms with Crippen LogP contribution in [0.25, 0.3) is 6.08 Å². The molecule has 0 unspecified atom stereocenters. The van der Waals surface area contributed by atoms with Gasteiger partial charge < -0.3 is 19.1 Å². The van der Waals surface area contributed by atoms with Gasteiger partial charge in [0.2, 0.25) is 21.7 Å². The average molecular weight is 479 g/mol. The Labute approximate surface area is 192 Å². The standard InChI is InChI=1S/C22H23ClN2O6S/c1-29-18-14-16(15-19-22(18)31-13-12-30-19)6-7-21(26)24-8-10-25(11-9-24)32(27,28)20-5-3-2-4-17(20)23/h2-7,14-15H,8-13H2,1H3/b7-6+. The molecule has 8 nitrogen and oxygen atoms in total. The zero-order chi connectivity index (χ0) is 22.7. The molecule has 0 atom stereocenters. The summed E-state index contributed by atoms with van der Waals surface area (Å²) in [6.45, 7) is 1.88. The molecule has 0 bridgehead atoms. The Morgan fingerprint density at radius 2 is 1.81 bits per heavy atom. The van der Waals surface area contributed by atoms with Crippen LogP contribution in [0.3, 0.4) is 0 Å². The average Bonchev–Trinajstić information content (AvgIpc) is 2.82. The zero-order valence-electron chi connectivity index (χ0n) is 17.5. The molecule has 0 aromatic heterocycles. The van der Waals surface area contributed by atoms with Crippen molar-refractivity contribution in [2.24, 2.45) is 0 Å². The number of carbonyl (C=O) groups is 1. The van der Waals surface area contributed by atoms with Crippen LogP contribution >= 0.6 is 11.6 Å². The summed E-state index contributed by atoms with van der Waals surface area (Å²) in [5.74, 6) is 1.46. The lowest BCUT2D eigenvalue weighted by molar-refractivity contribution is -0.127. The lowest BCUT2D eigenvalue weighted by Crippen LogP contribution is -2.50. The molecule has 0 N–H and O–H groups in total. The molecule has 10 heteroatoms. The number of methoxy groups -OCH3 is 1. The van der Waals surface area contributed by atoms with Crippen LogP contribution in [0.5, 0.6) is 17.2 Å². The summed E-state index contributed by atoms with van der Waals surface area (Å²) >= 11 is 6.07. The van der Waals surface area contributed by atoms with E-state index in [4.69, 9.17) is 25.8 Å². The normalized spacial score (nSPS) is 16.9. The number of benzene rings is 2. The fraction of sp³-hybridized carbons (Fsp3) is 0.318. The summed E-state index contributed by atoms with van der Waals surface area (Å²) in [6, 6.07) is 9.91. The minimum Gasteiger partial charge on any atom is -0.493 e. The minimum atomic E-state index is -3.71. The highest BCUT2D eigenvalue weighted by Crippen LogP contribution is 2.40. The van der Waals surface area contributed by atoms with E-state index in [1.807, 2.05) is 0 Å². The summed E-state index contributed by atoms with van der Waals surface area (Å²) in [5, 5.41) is 0.184. The van der Waals surface area contributed by atoms with Crippen molar-refractivity contribution in [2.75, 3.05) is 46.5 Å². The molecule has 2 aromatic rings. The van der Waals surface area contributed by atoms with E-state index in [0.29, 0.717) is 30.5 Å². The predicted octanol–water partition coefficient (Wildman–Crippen LogP) is 2.67. The highest BCUT2D eigenvalue weighted by molar-refractivity contribution is 7.89. The Balaban J connectivity index is 1.41. The Morgan fingerprint density at radius 3 is 2.53 bits per heavy atom. The maximum atomic E-state index is 12.9. The van der Waals surface area contributed by atoms with Crippen molar-refractivity contribution >= 4 is 33.6 Å². The van der Waals surface area contributed by atoms with E-state index in [1.165, 1.54) is 16.4 Å². The smallest absolute Gasteiger partial charge is 0.246 e. The number of carbonyl (C=O) groups excluding carboxylic acids is 1. The van der Waals surface area contributed by atoms with Gasteiger partial charge in [-0.2, -0.15) is 4.31 Å². The number of amides is 1. The fourth-order valence-electron chi connectivity index (χ4n) is 3.60. The van der Waals surface area contributed by atoms with Crippen LogP contribution in [0.15, 0.2) is 47.4 Å². The Kier molecular flexibility index (Phi) is 6.59. The summed E-state index contributed by atoms with van der Waals surface area (Å²) in [6.07, 6.45) is 3.14. The van der Waals surface area contributed by atoms with Crippen molar-refractivity contribution in [2.45, 2.75) is 4.90 Å². The first-order valence-corrected chi connectivity index (χ1v) is 11.9. The highest BCUT2D eigenvalue weighted by atomic mass is 35.5. The summed E-state index contributed by atoms with van der Waals surface area (Å²) in [7, 11) is -2.16. The second kappa shape index (κ2) is 9.40. The highest BCUT2D eigenvalue weighted by Gasteiger charge is 2.30. The molecule has 2 aromatic carbocycles. The molecule has 1 amide bonds. The van der Waals surface area contributed by atoms with Crippen LogP contribution in [-0.2, 0) is 14.8 Å². The number of fused-ring (bicyclic) bond motifs is 1. The van der Waals surface area contributed by atoms with E-state index in [2.05, 4.69) is 0 Å². The van der Waals surface area contributed by atoms with Crippen molar-refractivity contribution < 1.29 is 27.4 Å². The van der Waals surface area contributed by atoms with E-state index in [9.17, 15) is 13.2 Å². The number of hydrogen-bond acceptors (Lipinski definition) is 6. The maximum absolute atomic E-state index is 12.9. The molecule has 2 aliphatic rings. The van der Waals surface area contributed by atoms with E-state index in [-0.39, 0.29) is 42.0 Å². The molecule has 32 heavy (non-hydrogen) atoms. The first-order valence-electron chi connectivity index (χ1n) is 10.1. The van der Waals surface area contributed by atoms with Gasteiger partial charge in [0.15, 0.2) is 11.5 Å². The lowest BCUT2D eigenvalue weighted by Gasteiger charge is -2.33. The van der Waals surface area contributed by atoms with Gasteiger partial charge in [-0.15, -0.1) is 0 Å². The molecule has 1 saturated heterocycles.